The first-order valence-corrected chi connectivity index (χ1v) is 5.76. The van der Waals surface area contributed by atoms with E-state index in [0.717, 1.165) is 25.5 Å². The van der Waals surface area contributed by atoms with Gasteiger partial charge < -0.3 is 4.79 Å². The van der Waals surface area contributed by atoms with Gasteiger partial charge in [0.2, 0.25) is 0 Å². The number of aldehydes is 1. The predicted molar refractivity (Wildman–Crippen MR) is 56.0 cm³/mol. The van der Waals surface area contributed by atoms with Gasteiger partial charge in [-0.15, -0.1) is 0 Å². The summed E-state index contributed by atoms with van der Waals surface area (Å²) >= 11 is 0. The summed E-state index contributed by atoms with van der Waals surface area (Å²) in [4.78, 5) is 22.0. The number of carbonyl (C=O) groups is 2. The topological polar surface area (TPSA) is 34.1 Å². The van der Waals surface area contributed by atoms with Crippen molar-refractivity contribution < 1.29 is 9.59 Å². The zero-order valence-electron chi connectivity index (χ0n) is 9.00. The number of Topliss-reactive ketones (excluding diaryl/α,β-unsaturated/α-hetero) is 1. The lowest BCUT2D eigenvalue weighted by Gasteiger charge is -2.15. The van der Waals surface area contributed by atoms with E-state index in [1.165, 1.54) is 12.8 Å². The zero-order chi connectivity index (χ0) is 10.4. The lowest BCUT2D eigenvalue weighted by atomic mass is 9.88. The Morgan fingerprint density at radius 1 is 1.43 bits per heavy atom. The summed E-state index contributed by atoms with van der Waals surface area (Å²) in [5, 5.41) is 0. The summed E-state index contributed by atoms with van der Waals surface area (Å²) in [6.45, 7) is 2.17. The van der Waals surface area contributed by atoms with E-state index in [2.05, 4.69) is 6.92 Å². The van der Waals surface area contributed by atoms with Crippen molar-refractivity contribution >= 4 is 12.1 Å². The fourth-order valence-electron chi connectivity index (χ4n) is 2.39. The maximum absolute atomic E-state index is 11.5. The van der Waals surface area contributed by atoms with Crippen LogP contribution in [0.15, 0.2) is 0 Å². The molecule has 0 aromatic rings. The third-order valence-electron chi connectivity index (χ3n) is 3.26. The molecule has 14 heavy (non-hydrogen) atoms. The quantitative estimate of drug-likeness (QED) is 0.483. The van der Waals surface area contributed by atoms with Gasteiger partial charge in [-0.3, -0.25) is 4.79 Å². The van der Waals surface area contributed by atoms with Crippen molar-refractivity contribution in [2.24, 2.45) is 11.8 Å². The van der Waals surface area contributed by atoms with Crippen molar-refractivity contribution in [2.75, 3.05) is 0 Å². The Bertz CT molecular complexity index is 198. The second-order valence-corrected chi connectivity index (χ2v) is 4.27. The van der Waals surface area contributed by atoms with Crippen LogP contribution >= 0.6 is 0 Å². The van der Waals surface area contributed by atoms with Gasteiger partial charge in [0.1, 0.15) is 12.1 Å². The van der Waals surface area contributed by atoms with E-state index in [4.69, 9.17) is 0 Å². The Kier molecular flexibility index (Phi) is 4.85. The number of hydrogen-bond acceptors (Lipinski definition) is 2. The number of carbonyl (C=O) groups excluding carboxylic acids is 2. The summed E-state index contributed by atoms with van der Waals surface area (Å²) in [5.74, 6) is 0.955. The van der Waals surface area contributed by atoms with E-state index < -0.39 is 0 Å². The molecule has 0 bridgehead atoms. The van der Waals surface area contributed by atoms with Gasteiger partial charge in [-0.25, -0.2) is 0 Å². The normalized spacial score (nSPS) is 26.8. The highest BCUT2D eigenvalue weighted by Crippen LogP contribution is 2.34. The lowest BCUT2D eigenvalue weighted by Crippen LogP contribution is -2.15. The van der Waals surface area contributed by atoms with Crippen LogP contribution in [-0.4, -0.2) is 12.1 Å². The van der Waals surface area contributed by atoms with Crippen molar-refractivity contribution in [1.29, 1.82) is 0 Å². The van der Waals surface area contributed by atoms with Crippen LogP contribution in [0.2, 0.25) is 0 Å². The molecule has 1 fully saturated rings. The molecule has 1 aliphatic rings. The van der Waals surface area contributed by atoms with Gasteiger partial charge in [0.05, 0.1) is 0 Å². The standard InChI is InChI=1S/C12H20O2/c1-2-3-4-5-11-10(8-9-13)6-7-12(11)14/h9-11H,2-8H2,1H3. The minimum Gasteiger partial charge on any atom is -0.303 e. The fraction of sp³-hybridized carbons (Fsp3) is 0.833. The fourth-order valence-corrected chi connectivity index (χ4v) is 2.39. The van der Waals surface area contributed by atoms with Gasteiger partial charge in [0.15, 0.2) is 0 Å². The Labute approximate surface area is 86.1 Å². The Morgan fingerprint density at radius 2 is 2.21 bits per heavy atom. The van der Waals surface area contributed by atoms with Crippen LogP contribution in [0.5, 0.6) is 0 Å². The highest BCUT2D eigenvalue weighted by atomic mass is 16.1. The molecule has 0 saturated heterocycles. The highest BCUT2D eigenvalue weighted by Gasteiger charge is 2.33. The summed E-state index contributed by atoms with van der Waals surface area (Å²) in [6.07, 6.45) is 7.74. The van der Waals surface area contributed by atoms with Crippen LogP contribution in [0.4, 0.5) is 0 Å². The molecule has 0 N–H and O–H groups in total. The molecule has 2 atom stereocenters. The molecule has 1 saturated carbocycles. The average Bonchev–Trinajstić information content (AvgIpc) is 2.50. The van der Waals surface area contributed by atoms with Crippen LogP contribution in [-0.2, 0) is 9.59 Å². The van der Waals surface area contributed by atoms with Gasteiger partial charge in [0, 0.05) is 18.8 Å². The molecule has 0 heterocycles. The van der Waals surface area contributed by atoms with Gasteiger partial charge >= 0.3 is 0 Å². The number of unbranched alkanes of at least 4 members (excludes halogenated alkanes) is 2. The van der Waals surface area contributed by atoms with Crippen LogP contribution in [0.25, 0.3) is 0 Å². The summed E-state index contributed by atoms with van der Waals surface area (Å²) in [6, 6.07) is 0. The highest BCUT2D eigenvalue weighted by molar-refractivity contribution is 5.83. The maximum Gasteiger partial charge on any atom is 0.136 e. The molecule has 0 aromatic carbocycles. The first-order valence-electron chi connectivity index (χ1n) is 5.76. The molecule has 1 aliphatic carbocycles. The Morgan fingerprint density at radius 3 is 2.86 bits per heavy atom. The van der Waals surface area contributed by atoms with E-state index in [1.54, 1.807) is 0 Å². The molecule has 0 amide bonds. The van der Waals surface area contributed by atoms with Crippen molar-refractivity contribution in [3.05, 3.63) is 0 Å². The molecule has 2 nitrogen and oxygen atoms in total. The molecular weight excluding hydrogens is 176 g/mol. The molecular formula is C12H20O2. The minimum absolute atomic E-state index is 0.201. The number of rotatable bonds is 6. The third-order valence-corrected chi connectivity index (χ3v) is 3.26. The van der Waals surface area contributed by atoms with Crippen LogP contribution in [0.1, 0.15) is 51.9 Å². The molecule has 1 rings (SSSR count). The monoisotopic (exact) mass is 196 g/mol. The Hall–Kier alpha value is -0.660. The molecule has 80 valence electrons. The lowest BCUT2D eigenvalue weighted by molar-refractivity contribution is -0.121. The third kappa shape index (κ3) is 2.93. The van der Waals surface area contributed by atoms with E-state index in [9.17, 15) is 9.59 Å². The second-order valence-electron chi connectivity index (χ2n) is 4.27. The zero-order valence-corrected chi connectivity index (χ0v) is 9.00. The van der Waals surface area contributed by atoms with Gasteiger partial charge in [-0.05, 0) is 18.8 Å². The van der Waals surface area contributed by atoms with E-state index in [0.29, 0.717) is 24.5 Å². The molecule has 2 unspecified atom stereocenters. The largest absolute Gasteiger partial charge is 0.303 e. The van der Waals surface area contributed by atoms with Crippen LogP contribution < -0.4 is 0 Å². The van der Waals surface area contributed by atoms with Crippen molar-refractivity contribution in [2.45, 2.75) is 51.9 Å². The average molecular weight is 196 g/mol. The minimum atomic E-state index is 0.201. The molecule has 0 aromatic heterocycles. The predicted octanol–water partition coefficient (Wildman–Crippen LogP) is 2.75. The molecule has 0 radical (unpaired) electrons. The van der Waals surface area contributed by atoms with Crippen molar-refractivity contribution in [3.8, 4) is 0 Å². The molecule has 0 spiro atoms. The first kappa shape index (κ1) is 11.4. The maximum atomic E-state index is 11.5. The second kappa shape index (κ2) is 5.94. The van der Waals surface area contributed by atoms with Crippen LogP contribution in [0, 0.1) is 11.8 Å². The summed E-state index contributed by atoms with van der Waals surface area (Å²) in [5.41, 5.74) is 0. The van der Waals surface area contributed by atoms with E-state index in [1.807, 2.05) is 0 Å². The molecule has 0 aliphatic heterocycles. The van der Waals surface area contributed by atoms with Crippen molar-refractivity contribution in [1.82, 2.24) is 0 Å². The van der Waals surface area contributed by atoms with E-state index >= 15 is 0 Å². The summed E-state index contributed by atoms with van der Waals surface area (Å²) in [7, 11) is 0. The number of ketones is 1. The Balaban J connectivity index is 2.36. The summed E-state index contributed by atoms with van der Waals surface area (Å²) < 4.78 is 0. The number of hydrogen-bond donors (Lipinski definition) is 0. The molecule has 2 heteroatoms. The first-order chi connectivity index (χ1) is 6.79. The smallest absolute Gasteiger partial charge is 0.136 e. The van der Waals surface area contributed by atoms with Gasteiger partial charge in [-0.2, -0.15) is 0 Å². The van der Waals surface area contributed by atoms with Gasteiger partial charge in [-0.1, -0.05) is 26.2 Å². The van der Waals surface area contributed by atoms with Crippen molar-refractivity contribution in [3.63, 3.8) is 0 Å². The SMILES string of the molecule is CCCCCC1C(=O)CCC1CC=O. The van der Waals surface area contributed by atoms with E-state index in [-0.39, 0.29) is 5.92 Å². The van der Waals surface area contributed by atoms with Crippen LogP contribution in [0.3, 0.4) is 0 Å². The van der Waals surface area contributed by atoms with Gasteiger partial charge in [0.25, 0.3) is 0 Å².